The summed E-state index contributed by atoms with van der Waals surface area (Å²) in [6.45, 7) is 3.39. The van der Waals surface area contributed by atoms with Crippen molar-refractivity contribution in [1.82, 2.24) is 20.1 Å². The molecule has 0 unspecified atom stereocenters. The van der Waals surface area contributed by atoms with Crippen molar-refractivity contribution in [2.75, 3.05) is 25.6 Å². The SMILES string of the molecule is COC(=O)CNC(=O)c1ccc(NC(=O)COc2nn(C)c3nc(C)cc(C)c23)cc1. The van der Waals surface area contributed by atoms with Crippen LogP contribution in [-0.4, -0.2) is 52.8 Å². The number of carbonyl (C=O) groups is 3. The van der Waals surface area contributed by atoms with Gasteiger partial charge in [-0.25, -0.2) is 9.67 Å². The van der Waals surface area contributed by atoms with Crippen molar-refractivity contribution in [3.05, 3.63) is 47.2 Å². The van der Waals surface area contributed by atoms with Gasteiger partial charge >= 0.3 is 5.97 Å². The molecule has 0 spiro atoms. The summed E-state index contributed by atoms with van der Waals surface area (Å²) >= 11 is 0. The highest BCUT2D eigenvalue weighted by atomic mass is 16.5. The lowest BCUT2D eigenvalue weighted by molar-refractivity contribution is -0.139. The van der Waals surface area contributed by atoms with E-state index in [0.717, 1.165) is 16.6 Å². The van der Waals surface area contributed by atoms with E-state index in [1.807, 2.05) is 19.9 Å². The molecule has 0 saturated heterocycles. The summed E-state index contributed by atoms with van der Waals surface area (Å²) < 4.78 is 11.7. The number of pyridine rings is 1. The first-order valence-electron chi connectivity index (χ1n) is 9.47. The zero-order chi connectivity index (χ0) is 22.5. The van der Waals surface area contributed by atoms with E-state index in [2.05, 4.69) is 25.5 Å². The second-order valence-electron chi connectivity index (χ2n) is 6.88. The largest absolute Gasteiger partial charge is 0.468 e. The van der Waals surface area contributed by atoms with Crippen molar-refractivity contribution in [3.63, 3.8) is 0 Å². The lowest BCUT2D eigenvalue weighted by Crippen LogP contribution is -2.30. The molecule has 2 N–H and O–H groups in total. The number of esters is 1. The molecule has 162 valence electrons. The molecule has 2 amide bonds. The summed E-state index contributed by atoms with van der Waals surface area (Å²) in [5.74, 6) is -0.999. The summed E-state index contributed by atoms with van der Waals surface area (Å²) in [5.41, 5.74) is 3.37. The number of ether oxygens (including phenoxy) is 2. The van der Waals surface area contributed by atoms with Crippen LogP contribution in [0.2, 0.25) is 0 Å². The fourth-order valence-corrected chi connectivity index (χ4v) is 3.01. The second-order valence-corrected chi connectivity index (χ2v) is 6.88. The predicted molar refractivity (Wildman–Crippen MR) is 113 cm³/mol. The van der Waals surface area contributed by atoms with Gasteiger partial charge in [0.1, 0.15) is 6.54 Å². The van der Waals surface area contributed by atoms with Gasteiger partial charge in [0, 0.05) is 24.0 Å². The zero-order valence-corrected chi connectivity index (χ0v) is 17.7. The van der Waals surface area contributed by atoms with Gasteiger partial charge < -0.3 is 20.1 Å². The third-order valence-corrected chi connectivity index (χ3v) is 4.48. The first kappa shape index (κ1) is 21.8. The number of aryl methyl sites for hydroxylation is 3. The Hall–Kier alpha value is -3.95. The maximum atomic E-state index is 12.3. The molecule has 1 aromatic carbocycles. The van der Waals surface area contributed by atoms with E-state index < -0.39 is 11.9 Å². The van der Waals surface area contributed by atoms with Gasteiger partial charge in [-0.3, -0.25) is 14.4 Å². The Morgan fingerprint density at radius 2 is 1.84 bits per heavy atom. The summed E-state index contributed by atoms with van der Waals surface area (Å²) in [4.78, 5) is 39.8. The van der Waals surface area contributed by atoms with Crippen LogP contribution in [0.3, 0.4) is 0 Å². The summed E-state index contributed by atoms with van der Waals surface area (Å²) in [5, 5.41) is 10.2. The van der Waals surface area contributed by atoms with Gasteiger partial charge in [-0.2, -0.15) is 0 Å². The summed E-state index contributed by atoms with van der Waals surface area (Å²) in [7, 11) is 3.01. The average Bonchev–Trinajstić information content (AvgIpc) is 3.06. The Balaban J connectivity index is 1.59. The number of amides is 2. The van der Waals surface area contributed by atoms with Crippen LogP contribution in [0.25, 0.3) is 11.0 Å². The number of anilines is 1. The number of rotatable bonds is 7. The molecular weight excluding hydrogens is 402 g/mol. The molecule has 0 aliphatic heterocycles. The highest BCUT2D eigenvalue weighted by molar-refractivity contribution is 5.97. The lowest BCUT2D eigenvalue weighted by atomic mass is 10.2. The number of benzene rings is 1. The van der Waals surface area contributed by atoms with Crippen molar-refractivity contribution >= 4 is 34.5 Å². The Kier molecular flexibility index (Phi) is 6.49. The number of carbonyl (C=O) groups excluding carboxylic acids is 3. The molecule has 3 rings (SSSR count). The maximum Gasteiger partial charge on any atom is 0.325 e. The van der Waals surface area contributed by atoms with E-state index in [1.54, 1.807) is 23.9 Å². The molecule has 0 saturated carbocycles. The smallest absolute Gasteiger partial charge is 0.325 e. The molecular formula is C21H23N5O5. The maximum absolute atomic E-state index is 12.3. The second kappa shape index (κ2) is 9.24. The monoisotopic (exact) mass is 425 g/mol. The predicted octanol–water partition coefficient (Wildman–Crippen LogP) is 1.51. The first-order valence-corrected chi connectivity index (χ1v) is 9.47. The zero-order valence-electron chi connectivity index (χ0n) is 17.7. The van der Waals surface area contributed by atoms with Gasteiger partial charge in [-0.15, -0.1) is 5.10 Å². The van der Waals surface area contributed by atoms with Gasteiger partial charge in [0.25, 0.3) is 11.8 Å². The number of nitrogens with one attached hydrogen (secondary N) is 2. The molecule has 0 aliphatic rings. The van der Waals surface area contributed by atoms with Gasteiger partial charge in [0.15, 0.2) is 12.3 Å². The van der Waals surface area contributed by atoms with Crippen LogP contribution in [0.15, 0.2) is 30.3 Å². The number of methoxy groups -OCH3 is 1. The molecule has 0 radical (unpaired) electrons. The van der Waals surface area contributed by atoms with Crippen molar-refractivity contribution in [2.24, 2.45) is 7.05 Å². The fraction of sp³-hybridized carbons (Fsp3) is 0.286. The summed E-state index contributed by atoms with van der Waals surface area (Å²) in [6.07, 6.45) is 0. The Bertz CT molecular complexity index is 1140. The van der Waals surface area contributed by atoms with Crippen LogP contribution in [0.4, 0.5) is 5.69 Å². The minimum atomic E-state index is -0.543. The van der Waals surface area contributed by atoms with E-state index in [9.17, 15) is 14.4 Å². The molecule has 0 bridgehead atoms. The van der Waals surface area contributed by atoms with Crippen molar-refractivity contribution in [3.8, 4) is 5.88 Å². The van der Waals surface area contributed by atoms with Crippen LogP contribution >= 0.6 is 0 Å². The van der Waals surface area contributed by atoms with E-state index in [0.29, 0.717) is 22.8 Å². The van der Waals surface area contributed by atoms with Crippen LogP contribution in [0.5, 0.6) is 5.88 Å². The lowest BCUT2D eigenvalue weighted by Gasteiger charge is -2.08. The van der Waals surface area contributed by atoms with Crippen molar-refractivity contribution < 1.29 is 23.9 Å². The molecule has 2 aromatic heterocycles. The number of nitrogens with zero attached hydrogens (tertiary/aromatic N) is 3. The Labute approximate surface area is 178 Å². The summed E-state index contributed by atoms with van der Waals surface area (Å²) in [6, 6.07) is 8.16. The fourth-order valence-electron chi connectivity index (χ4n) is 3.01. The van der Waals surface area contributed by atoms with Gasteiger partial charge in [0.05, 0.1) is 12.5 Å². The van der Waals surface area contributed by atoms with Crippen LogP contribution in [0.1, 0.15) is 21.6 Å². The van der Waals surface area contributed by atoms with E-state index >= 15 is 0 Å². The Morgan fingerprint density at radius 1 is 1.13 bits per heavy atom. The van der Waals surface area contributed by atoms with Gasteiger partial charge in [-0.05, 0) is 49.7 Å². The highest BCUT2D eigenvalue weighted by Gasteiger charge is 2.16. The standard InChI is InChI=1S/C21H23N5O5/c1-12-9-13(2)23-19-18(12)21(25-26(19)3)31-11-16(27)24-15-7-5-14(6-8-15)20(29)22-10-17(28)30-4/h5-9H,10-11H2,1-4H3,(H,22,29)(H,24,27). The minimum Gasteiger partial charge on any atom is -0.468 e. The van der Waals surface area contributed by atoms with Gasteiger partial charge in [-0.1, -0.05) is 0 Å². The third kappa shape index (κ3) is 5.16. The molecule has 2 heterocycles. The topological polar surface area (TPSA) is 124 Å². The molecule has 10 nitrogen and oxygen atoms in total. The molecule has 0 atom stereocenters. The van der Waals surface area contributed by atoms with E-state index in [4.69, 9.17) is 4.74 Å². The van der Waals surface area contributed by atoms with E-state index in [-0.39, 0.29) is 19.1 Å². The molecule has 3 aromatic rings. The number of fused-ring (bicyclic) bond motifs is 1. The van der Waals surface area contributed by atoms with Crippen LogP contribution in [-0.2, 0) is 21.4 Å². The Morgan fingerprint density at radius 3 is 2.52 bits per heavy atom. The van der Waals surface area contributed by atoms with E-state index in [1.165, 1.54) is 19.2 Å². The normalized spacial score (nSPS) is 10.6. The molecule has 0 fully saturated rings. The quantitative estimate of drug-likeness (QED) is 0.550. The van der Waals surface area contributed by atoms with Crippen LogP contribution < -0.4 is 15.4 Å². The minimum absolute atomic E-state index is 0.220. The van der Waals surface area contributed by atoms with Gasteiger partial charge in [0.2, 0.25) is 5.88 Å². The van der Waals surface area contributed by atoms with Crippen molar-refractivity contribution in [2.45, 2.75) is 13.8 Å². The first-order chi connectivity index (χ1) is 14.8. The number of aromatic nitrogens is 3. The number of hydrogen-bond donors (Lipinski definition) is 2. The molecule has 10 heteroatoms. The van der Waals surface area contributed by atoms with Crippen molar-refractivity contribution in [1.29, 1.82) is 0 Å². The average molecular weight is 425 g/mol. The number of hydrogen-bond acceptors (Lipinski definition) is 7. The molecule has 0 aliphatic carbocycles. The van der Waals surface area contributed by atoms with Crippen LogP contribution in [0, 0.1) is 13.8 Å². The third-order valence-electron chi connectivity index (χ3n) is 4.48. The molecule has 31 heavy (non-hydrogen) atoms. The highest BCUT2D eigenvalue weighted by Crippen LogP contribution is 2.27.